The van der Waals surface area contributed by atoms with Crippen LogP contribution in [0.5, 0.6) is 0 Å². The topological polar surface area (TPSA) is 63.3 Å². The van der Waals surface area contributed by atoms with E-state index < -0.39 is 12.0 Å². The quantitative estimate of drug-likeness (QED) is 0.786. The van der Waals surface area contributed by atoms with Crippen molar-refractivity contribution in [2.75, 3.05) is 12.0 Å². The van der Waals surface area contributed by atoms with E-state index in [0.717, 1.165) is 5.75 Å². The zero-order valence-electron chi connectivity index (χ0n) is 13.3. The molecule has 0 amide bonds. The van der Waals surface area contributed by atoms with Crippen LogP contribution in [0.4, 0.5) is 0 Å². The summed E-state index contributed by atoms with van der Waals surface area (Å²) in [5.41, 5.74) is 7.66. The first kappa shape index (κ1) is 19.0. The van der Waals surface area contributed by atoms with Crippen LogP contribution in [0.3, 0.4) is 0 Å². The third-order valence-corrected chi connectivity index (χ3v) is 3.66. The minimum absolute atomic E-state index is 0.552. The minimum atomic E-state index is -0.913. The highest BCUT2D eigenvalue weighted by molar-refractivity contribution is 7.98. The van der Waals surface area contributed by atoms with Crippen LogP contribution in [0.1, 0.15) is 17.5 Å². The molecule has 3 N–H and O–H groups in total. The highest BCUT2D eigenvalue weighted by Crippen LogP contribution is 2.06. The van der Waals surface area contributed by atoms with Crippen molar-refractivity contribution in [3.05, 3.63) is 71.8 Å². The lowest BCUT2D eigenvalue weighted by atomic mass is 10.1. The van der Waals surface area contributed by atoms with Crippen LogP contribution in [0.15, 0.2) is 60.7 Å². The third-order valence-electron chi connectivity index (χ3n) is 3.02. The summed E-state index contributed by atoms with van der Waals surface area (Å²) in [5.74, 6) is -0.1000. The number of carboxylic acid groups (broad SMARTS) is 1. The van der Waals surface area contributed by atoms with E-state index in [1.165, 1.54) is 11.1 Å². The van der Waals surface area contributed by atoms with E-state index >= 15 is 0 Å². The Morgan fingerprint density at radius 1 is 1.04 bits per heavy atom. The molecule has 0 spiro atoms. The first-order valence-electron chi connectivity index (χ1n) is 7.39. The number of hydrogen-bond acceptors (Lipinski definition) is 3. The second-order valence-corrected chi connectivity index (χ2v) is 5.87. The van der Waals surface area contributed by atoms with Crippen molar-refractivity contribution in [1.29, 1.82) is 0 Å². The summed E-state index contributed by atoms with van der Waals surface area (Å²) < 4.78 is 0. The van der Waals surface area contributed by atoms with Crippen LogP contribution in [0.25, 0.3) is 12.2 Å². The molecule has 2 aromatic carbocycles. The maximum Gasteiger partial charge on any atom is 0.320 e. The van der Waals surface area contributed by atoms with Gasteiger partial charge in [0.05, 0.1) is 0 Å². The molecule has 0 unspecified atom stereocenters. The lowest BCUT2D eigenvalue weighted by Gasteiger charge is -2.02. The Morgan fingerprint density at radius 2 is 1.48 bits per heavy atom. The SMILES string of the molecule is C(=Cc1ccccc1)c1ccccc1.CSCC[C@H](N)C(=O)O. The molecule has 0 bridgehead atoms. The molecule has 0 fully saturated rings. The van der Waals surface area contributed by atoms with E-state index in [4.69, 9.17) is 10.8 Å². The number of rotatable bonds is 6. The molecular weight excluding hydrogens is 306 g/mol. The van der Waals surface area contributed by atoms with Gasteiger partial charge in [-0.1, -0.05) is 72.8 Å². The highest BCUT2D eigenvalue weighted by Gasteiger charge is 2.08. The maximum absolute atomic E-state index is 10.1. The van der Waals surface area contributed by atoms with Gasteiger partial charge < -0.3 is 10.8 Å². The molecular formula is C19H23NO2S. The van der Waals surface area contributed by atoms with Gasteiger partial charge in [-0.25, -0.2) is 0 Å². The Balaban J connectivity index is 0.000000257. The average Bonchev–Trinajstić information content (AvgIpc) is 2.60. The molecule has 23 heavy (non-hydrogen) atoms. The van der Waals surface area contributed by atoms with Crippen LogP contribution in [0.2, 0.25) is 0 Å². The van der Waals surface area contributed by atoms with Crippen LogP contribution in [-0.2, 0) is 4.79 Å². The van der Waals surface area contributed by atoms with Crippen molar-refractivity contribution < 1.29 is 9.90 Å². The van der Waals surface area contributed by atoms with E-state index in [9.17, 15) is 4.79 Å². The molecule has 122 valence electrons. The Bertz CT molecular complexity index is 543. The van der Waals surface area contributed by atoms with Gasteiger partial charge in [-0.05, 0) is 29.6 Å². The highest BCUT2D eigenvalue weighted by atomic mass is 32.2. The van der Waals surface area contributed by atoms with Crippen LogP contribution >= 0.6 is 11.8 Å². The lowest BCUT2D eigenvalue weighted by Crippen LogP contribution is -2.30. The lowest BCUT2D eigenvalue weighted by molar-refractivity contribution is -0.138. The fourth-order valence-corrected chi connectivity index (χ4v) is 2.18. The van der Waals surface area contributed by atoms with E-state index in [-0.39, 0.29) is 0 Å². The van der Waals surface area contributed by atoms with Crippen molar-refractivity contribution >= 4 is 29.9 Å². The smallest absolute Gasteiger partial charge is 0.320 e. The second-order valence-electron chi connectivity index (χ2n) is 4.88. The Hall–Kier alpha value is -2.04. The number of thioether (sulfide) groups is 1. The second kappa shape index (κ2) is 11.5. The van der Waals surface area contributed by atoms with Crippen molar-refractivity contribution in [3.63, 3.8) is 0 Å². The summed E-state index contributed by atoms with van der Waals surface area (Å²) >= 11 is 1.60. The number of nitrogens with two attached hydrogens (primary N) is 1. The molecule has 3 nitrogen and oxygen atoms in total. The monoisotopic (exact) mass is 329 g/mol. The number of carboxylic acids is 1. The molecule has 0 aliphatic carbocycles. The normalized spacial score (nSPS) is 11.6. The van der Waals surface area contributed by atoms with E-state index in [1.807, 2.05) is 42.7 Å². The van der Waals surface area contributed by atoms with Gasteiger partial charge in [0, 0.05) is 0 Å². The number of aliphatic carboxylic acids is 1. The molecule has 0 aromatic heterocycles. The van der Waals surface area contributed by atoms with E-state index in [1.54, 1.807) is 11.8 Å². The fourth-order valence-electron chi connectivity index (χ4n) is 1.69. The fraction of sp³-hybridized carbons (Fsp3) is 0.211. The maximum atomic E-state index is 10.1. The predicted molar refractivity (Wildman–Crippen MR) is 100 cm³/mol. The summed E-state index contributed by atoms with van der Waals surface area (Å²) in [4.78, 5) is 10.1. The number of benzene rings is 2. The van der Waals surface area contributed by atoms with Gasteiger partial charge in [-0.3, -0.25) is 4.79 Å². The van der Waals surface area contributed by atoms with Crippen LogP contribution < -0.4 is 5.73 Å². The molecule has 2 aromatic rings. The molecule has 0 heterocycles. The molecule has 2 rings (SSSR count). The summed E-state index contributed by atoms with van der Waals surface area (Å²) in [7, 11) is 0. The molecule has 0 aliphatic heterocycles. The van der Waals surface area contributed by atoms with Gasteiger partial charge in [0.1, 0.15) is 6.04 Å². The van der Waals surface area contributed by atoms with Crippen molar-refractivity contribution in [3.8, 4) is 0 Å². The van der Waals surface area contributed by atoms with Gasteiger partial charge in [0.2, 0.25) is 0 Å². The largest absolute Gasteiger partial charge is 0.480 e. The average molecular weight is 329 g/mol. The molecule has 1 atom stereocenters. The summed E-state index contributed by atoms with van der Waals surface area (Å²) in [6.07, 6.45) is 6.72. The molecule has 0 saturated heterocycles. The molecule has 0 radical (unpaired) electrons. The van der Waals surface area contributed by atoms with Gasteiger partial charge in [-0.2, -0.15) is 11.8 Å². The summed E-state index contributed by atoms with van der Waals surface area (Å²) in [6.45, 7) is 0. The van der Waals surface area contributed by atoms with E-state index in [2.05, 4.69) is 36.4 Å². The number of hydrogen-bond donors (Lipinski definition) is 2. The predicted octanol–water partition coefficient (Wildman–Crippen LogP) is 4.01. The van der Waals surface area contributed by atoms with Crippen LogP contribution in [-0.4, -0.2) is 29.1 Å². The summed E-state index contributed by atoms with van der Waals surface area (Å²) in [5, 5.41) is 8.27. The first-order valence-corrected chi connectivity index (χ1v) is 8.78. The minimum Gasteiger partial charge on any atom is -0.480 e. The van der Waals surface area contributed by atoms with Gasteiger partial charge in [-0.15, -0.1) is 0 Å². The standard InChI is InChI=1S/C14H12.C5H11NO2S/c1-3-7-13(8-4-1)11-12-14-9-5-2-6-10-14;1-9-3-2-4(6)5(7)8/h1-12H;4H,2-3,6H2,1H3,(H,7,8)/t;4-/m.0/s1. The van der Waals surface area contributed by atoms with Crippen molar-refractivity contribution in [2.45, 2.75) is 12.5 Å². The first-order chi connectivity index (χ1) is 11.1. The van der Waals surface area contributed by atoms with Crippen molar-refractivity contribution in [2.24, 2.45) is 5.73 Å². The van der Waals surface area contributed by atoms with E-state index in [0.29, 0.717) is 6.42 Å². The Morgan fingerprint density at radius 3 is 1.83 bits per heavy atom. The summed E-state index contributed by atoms with van der Waals surface area (Å²) in [6, 6.07) is 19.9. The number of carbonyl (C=O) groups is 1. The van der Waals surface area contributed by atoms with Crippen molar-refractivity contribution in [1.82, 2.24) is 0 Å². The molecule has 0 saturated carbocycles. The molecule has 4 heteroatoms. The van der Waals surface area contributed by atoms with Gasteiger partial charge in [0.25, 0.3) is 0 Å². The van der Waals surface area contributed by atoms with Crippen LogP contribution in [0, 0.1) is 0 Å². The van der Waals surface area contributed by atoms with Gasteiger partial charge in [0.15, 0.2) is 0 Å². The zero-order valence-corrected chi connectivity index (χ0v) is 14.1. The Kier molecular flexibility index (Phi) is 9.52. The molecule has 0 aliphatic rings. The third kappa shape index (κ3) is 8.86. The Labute approximate surface area is 142 Å². The zero-order chi connectivity index (χ0) is 16.9. The van der Waals surface area contributed by atoms with Gasteiger partial charge >= 0.3 is 5.97 Å².